The molecule has 4 aromatic rings. The normalized spacial score (nSPS) is 11.8. The lowest BCUT2D eigenvalue weighted by Crippen LogP contribution is -2.42. The van der Waals surface area contributed by atoms with E-state index in [1.807, 2.05) is 66.7 Å². The molecule has 1 heterocycles. The summed E-state index contributed by atoms with van der Waals surface area (Å²) in [4.78, 5) is 42.4. The van der Waals surface area contributed by atoms with E-state index in [4.69, 9.17) is 9.72 Å². The Balaban J connectivity index is 1.94. The molecule has 0 aliphatic rings. The first kappa shape index (κ1) is 22.0. The van der Waals surface area contributed by atoms with E-state index in [1.54, 1.807) is 18.2 Å². The van der Waals surface area contributed by atoms with Gasteiger partial charge in [-0.25, -0.2) is 9.66 Å². The summed E-state index contributed by atoms with van der Waals surface area (Å²) in [6.07, 6.45) is -1.08. The number of hydrogen-bond acceptors (Lipinski definition) is 5. The summed E-state index contributed by atoms with van der Waals surface area (Å²) >= 11 is 0. The van der Waals surface area contributed by atoms with Gasteiger partial charge in [0.25, 0.3) is 11.5 Å². The van der Waals surface area contributed by atoms with Gasteiger partial charge < -0.3 is 4.74 Å². The van der Waals surface area contributed by atoms with Gasteiger partial charge >= 0.3 is 5.97 Å². The molecule has 0 radical (unpaired) electrons. The molecular formula is C26H23N3O4. The molecule has 3 aromatic carbocycles. The fraction of sp³-hybridized carbons (Fsp3) is 0.154. The molecule has 0 saturated heterocycles. The number of benzene rings is 3. The van der Waals surface area contributed by atoms with Crippen LogP contribution in [0, 0.1) is 0 Å². The van der Waals surface area contributed by atoms with Crippen LogP contribution in [0.3, 0.4) is 0 Å². The van der Waals surface area contributed by atoms with Gasteiger partial charge in [0.1, 0.15) is 5.82 Å². The zero-order valence-electron chi connectivity index (χ0n) is 18.3. The Morgan fingerprint density at radius 3 is 2.00 bits per heavy atom. The van der Waals surface area contributed by atoms with Crippen LogP contribution in [-0.2, 0) is 14.3 Å². The third-order valence-corrected chi connectivity index (χ3v) is 5.26. The van der Waals surface area contributed by atoms with Crippen molar-refractivity contribution >= 4 is 22.8 Å². The van der Waals surface area contributed by atoms with Crippen molar-refractivity contribution < 1.29 is 14.3 Å². The first-order chi connectivity index (χ1) is 16.0. The maximum Gasteiger partial charge on any atom is 0.303 e. The molecule has 0 aliphatic heterocycles. The van der Waals surface area contributed by atoms with Gasteiger partial charge in [0.15, 0.2) is 6.10 Å². The van der Waals surface area contributed by atoms with Gasteiger partial charge in [0, 0.05) is 6.92 Å². The molecule has 0 saturated carbocycles. The summed E-state index contributed by atoms with van der Waals surface area (Å²) in [7, 11) is 0. The van der Waals surface area contributed by atoms with Crippen LogP contribution in [0.2, 0.25) is 0 Å². The lowest BCUT2D eigenvalue weighted by atomic mass is 9.90. The molecule has 4 rings (SSSR count). The van der Waals surface area contributed by atoms with Crippen LogP contribution in [0.4, 0.5) is 0 Å². The van der Waals surface area contributed by atoms with Crippen molar-refractivity contribution in [3.63, 3.8) is 0 Å². The van der Waals surface area contributed by atoms with Crippen LogP contribution >= 0.6 is 0 Å². The van der Waals surface area contributed by atoms with E-state index in [9.17, 15) is 14.4 Å². The number of carbonyl (C=O) groups excluding carboxylic acids is 2. The Labute approximate surface area is 190 Å². The lowest BCUT2D eigenvalue weighted by molar-refractivity contribution is -0.151. The summed E-state index contributed by atoms with van der Waals surface area (Å²) in [5.41, 5.74) is 4.53. The number of hydrogen-bond donors (Lipinski definition) is 1. The van der Waals surface area contributed by atoms with Crippen molar-refractivity contribution in [3.05, 3.63) is 112 Å². The van der Waals surface area contributed by atoms with Gasteiger partial charge in [-0.05, 0) is 30.2 Å². The number of para-hydroxylation sites is 1. The van der Waals surface area contributed by atoms with Gasteiger partial charge in [-0.1, -0.05) is 72.8 Å². The second-order valence-electron chi connectivity index (χ2n) is 7.61. The molecule has 1 atom stereocenters. The van der Waals surface area contributed by atoms with Crippen LogP contribution in [0.15, 0.2) is 89.7 Å². The molecule has 1 aromatic heterocycles. The topological polar surface area (TPSA) is 90.3 Å². The number of amides is 1. The van der Waals surface area contributed by atoms with Crippen molar-refractivity contribution in [2.45, 2.75) is 25.9 Å². The SMILES string of the molecule is CC(=O)O[C@@H](C)C(=O)Nn1c(C(c2ccccc2)c2ccccc2)nc2ccccc2c1=O. The van der Waals surface area contributed by atoms with E-state index >= 15 is 0 Å². The third kappa shape index (κ3) is 4.67. The fourth-order valence-corrected chi connectivity index (χ4v) is 3.74. The van der Waals surface area contributed by atoms with Crippen LogP contribution in [-0.4, -0.2) is 27.6 Å². The van der Waals surface area contributed by atoms with Crippen LogP contribution < -0.4 is 11.0 Å². The number of esters is 1. The number of rotatable bonds is 6. The number of carbonyl (C=O) groups is 2. The minimum Gasteiger partial charge on any atom is -0.453 e. The molecule has 0 spiro atoms. The van der Waals surface area contributed by atoms with E-state index in [0.29, 0.717) is 16.7 Å². The van der Waals surface area contributed by atoms with Crippen molar-refractivity contribution in [3.8, 4) is 0 Å². The first-order valence-electron chi connectivity index (χ1n) is 10.6. The Hall–Kier alpha value is -4.26. The van der Waals surface area contributed by atoms with E-state index in [2.05, 4.69) is 5.43 Å². The Morgan fingerprint density at radius 2 is 1.42 bits per heavy atom. The first-order valence-corrected chi connectivity index (χ1v) is 10.6. The van der Waals surface area contributed by atoms with Crippen LogP contribution in [0.1, 0.15) is 36.7 Å². The lowest BCUT2D eigenvalue weighted by Gasteiger charge is -2.23. The summed E-state index contributed by atoms with van der Waals surface area (Å²) in [6.45, 7) is 2.67. The molecule has 33 heavy (non-hydrogen) atoms. The summed E-state index contributed by atoms with van der Waals surface area (Å²) in [6, 6.07) is 26.3. The zero-order valence-corrected chi connectivity index (χ0v) is 18.3. The molecular weight excluding hydrogens is 418 g/mol. The molecule has 1 N–H and O–H groups in total. The van der Waals surface area contributed by atoms with E-state index in [0.717, 1.165) is 15.8 Å². The average Bonchev–Trinajstić information content (AvgIpc) is 2.82. The predicted molar refractivity (Wildman–Crippen MR) is 125 cm³/mol. The summed E-state index contributed by atoms with van der Waals surface area (Å²) in [5, 5.41) is 0.363. The molecule has 166 valence electrons. The zero-order chi connectivity index (χ0) is 23.4. The van der Waals surface area contributed by atoms with E-state index in [-0.39, 0.29) is 0 Å². The Bertz CT molecular complexity index is 1310. The van der Waals surface area contributed by atoms with Crippen molar-refractivity contribution in [2.24, 2.45) is 0 Å². The second kappa shape index (κ2) is 9.48. The van der Waals surface area contributed by atoms with Crippen LogP contribution in [0.25, 0.3) is 10.9 Å². The van der Waals surface area contributed by atoms with Gasteiger partial charge in [-0.3, -0.25) is 19.8 Å². The highest BCUT2D eigenvalue weighted by Crippen LogP contribution is 2.30. The summed E-state index contributed by atoms with van der Waals surface area (Å²) < 4.78 is 6.16. The monoisotopic (exact) mass is 441 g/mol. The molecule has 7 nitrogen and oxygen atoms in total. The number of aromatic nitrogens is 2. The highest BCUT2D eigenvalue weighted by atomic mass is 16.5. The molecule has 0 aliphatic carbocycles. The number of nitrogens with one attached hydrogen (secondary N) is 1. The highest BCUT2D eigenvalue weighted by molar-refractivity contribution is 5.89. The number of ether oxygens (including phenoxy) is 1. The minimum absolute atomic E-state index is 0.347. The highest BCUT2D eigenvalue weighted by Gasteiger charge is 2.26. The van der Waals surface area contributed by atoms with Gasteiger partial charge in [0.05, 0.1) is 16.8 Å². The molecule has 0 fully saturated rings. The minimum atomic E-state index is -1.08. The third-order valence-electron chi connectivity index (χ3n) is 5.26. The van der Waals surface area contributed by atoms with Crippen molar-refractivity contribution in [1.29, 1.82) is 0 Å². The van der Waals surface area contributed by atoms with Gasteiger partial charge in [-0.15, -0.1) is 0 Å². The van der Waals surface area contributed by atoms with Crippen molar-refractivity contribution in [2.75, 3.05) is 5.43 Å². The van der Waals surface area contributed by atoms with E-state index in [1.165, 1.54) is 13.8 Å². The maximum absolute atomic E-state index is 13.5. The maximum atomic E-state index is 13.5. The molecule has 0 bridgehead atoms. The quantitative estimate of drug-likeness (QED) is 0.462. The molecule has 1 amide bonds. The van der Waals surface area contributed by atoms with E-state index < -0.39 is 29.5 Å². The summed E-state index contributed by atoms with van der Waals surface area (Å²) in [5.74, 6) is -1.31. The number of nitrogens with zero attached hydrogens (tertiary/aromatic N) is 2. The smallest absolute Gasteiger partial charge is 0.303 e. The fourth-order valence-electron chi connectivity index (χ4n) is 3.74. The molecule has 7 heteroatoms. The van der Waals surface area contributed by atoms with Gasteiger partial charge in [-0.2, -0.15) is 0 Å². The average molecular weight is 441 g/mol. The standard InChI is InChI=1S/C26H23N3O4/c1-17(33-18(2)30)25(31)28-29-24(27-22-16-10-9-15-21(22)26(29)32)23(19-11-5-3-6-12-19)20-13-7-4-8-14-20/h3-17,23H,1-2H3,(H,28,31)/t17-/m0/s1. The Morgan fingerprint density at radius 1 is 0.879 bits per heavy atom. The number of fused-ring (bicyclic) bond motifs is 1. The molecule has 0 unspecified atom stereocenters. The largest absolute Gasteiger partial charge is 0.453 e. The van der Waals surface area contributed by atoms with Gasteiger partial charge in [0.2, 0.25) is 0 Å². The second-order valence-corrected chi connectivity index (χ2v) is 7.61. The van der Waals surface area contributed by atoms with Crippen molar-refractivity contribution in [1.82, 2.24) is 9.66 Å². The Kier molecular flexibility index (Phi) is 6.31. The van der Waals surface area contributed by atoms with Crippen LogP contribution in [0.5, 0.6) is 0 Å². The predicted octanol–water partition coefficient (Wildman–Crippen LogP) is 3.60.